The third-order valence-electron chi connectivity index (χ3n) is 5.14. The molecule has 3 aromatic rings. The van der Waals surface area contributed by atoms with E-state index in [4.69, 9.17) is 4.74 Å². The number of ether oxygens (including phenoxy) is 1. The molecule has 2 aromatic heterocycles. The molecule has 0 N–H and O–H groups in total. The second-order valence-corrected chi connectivity index (χ2v) is 7.04. The van der Waals surface area contributed by atoms with Crippen LogP contribution in [0.3, 0.4) is 0 Å². The van der Waals surface area contributed by atoms with Crippen LogP contribution in [0, 0.1) is 5.82 Å². The number of morpholine rings is 1. The van der Waals surface area contributed by atoms with E-state index in [-0.39, 0.29) is 5.82 Å². The molecule has 1 aliphatic heterocycles. The number of aromatic nitrogens is 3. The van der Waals surface area contributed by atoms with E-state index in [1.54, 1.807) is 24.5 Å². The van der Waals surface area contributed by atoms with Crippen molar-refractivity contribution >= 4 is 0 Å². The van der Waals surface area contributed by atoms with Crippen LogP contribution in [-0.4, -0.2) is 52.3 Å². The highest BCUT2D eigenvalue weighted by Crippen LogP contribution is 2.31. The number of pyridine rings is 1. The SMILES string of the molecule is Fc1ccc(-c2ncn(CCCCN3CCOCC3)c2-c2ccncc2)cc1. The lowest BCUT2D eigenvalue weighted by molar-refractivity contribution is 0.0371. The first-order valence-corrected chi connectivity index (χ1v) is 9.83. The van der Waals surface area contributed by atoms with Gasteiger partial charge < -0.3 is 9.30 Å². The van der Waals surface area contributed by atoms with Crippen LogP contribution in [0.1, 0.15) is 12.8 Å². The predicted molar refractivity (Wildman–Crippen MR) is 107 cm³/mol. The van der Waals surface area contributed by atoms with Gasteiger partial charge in [0.25, 0.3) is 0 Å². The van der Waals surface area contributed by atoms with Gasteiger partial charge in [0.15, 0.2) is 0 Å². The van der Waals surface area contributed by atoms with Gasteiger partial charge >= 0.3 is 0 Å². The van der Waals surface area contributed by atoms with Gasteiger partial charge in [-0.3, -0.25) is 9.88 Å². The van der Waals surface area contributed by atoms with Crippen LogP contribution in [0.5, 0.6) is 0 Å². The Morgan fingerprint density at radius 2 is 1.61 bits per heavy atom. The average Bonchev–Trinajstić information content (AvgIpc) is 3.17. The van der Waals surface area contributed by atoms with Gasteiger partial charge in [-0.05, 0) is 55.8 Å². The lowest BCUT2D eigenvalue weighted by Crippen LogP contribution is -2.36. The summed E-state index contributed by atoms with van der Waals surface area (Å²) in [6.45, 7) is 5.75. The van der Waals surface area contributed by atoms with E-state index in [2.05, 4.69) is 19.4 Å². The summed E-state index contributed by atoms with van der Waals surface area (Å²) in [7, 11) is 0. The van der Waals surface area contributed by atoms with Gasteiger partial charge in [0.1, 0.15) is 5.82 Å². The fourth-order valence-electron chi connectivity index (χ4n) is 3.63. The van der Waals surface area contributed by atoms with Gasteiger partial charge in [-0.25, -0.2) is 9.37 Å². The highest BCUT2D eigenvalue weighted by molar-refractivity contribution is 5.78. The standard InChI is InChI=1S/C22H25FN4O/c23-20-5-3-18(4-6-20)21-22(19-7-9-24-10-8-19)27(17-25-21)12-2-1-11-26-13-15-28-16-14-26/h3-10,17H,1-2,11-16H2. The molecule has 0 aliphatic carbocycles. The van der Waals surface area contributed by atoms with E-state index in [1.807, 2.05) is 18.5 Å². The van der Waals surface area contributed by atoms with Gasteiger partial charge in [-0.2, -0.15) is 0 Å². The van der Waals surface area contributed by atoms with Crippen LogP contribution in [0.15, 0.2) is 55.1 Å². The van der Waals surface area contributed by atoms with Crippen molar-refractivity contribution in [2.45, 2.75) is 19.4 Å². The fraction of sp³-hybridized carbons (Fsp3) is 0.364. The molecule has 0 atom stereocenters. The topological polar surface area (TPSA) is 43.2 Å². The summed E-state index contributed by atoms with van der Waals surface area (Å²) in [5, 5.41) is 0. The molecule has 1 aromatic carbocycles. The maximum absolute atomic E-state index is 13.3. The van der Waals surface area contributed by atoms with Crippen molar-refractivity contribution in [2.75, 3.05) is 32.8 Å². The van der Waals surface area contributed by atoms with E-state index in [9.17, 15) is 4.39 Å². The molecular weight excluding hydrogens is 355 g/mol. The fourth-order valence-corrected chi connectivity index (χ4v) is 3.63. The third-order valence-corrected chi connectivity index (χ3v) is 5.14. The van der Waals surface area contributed by atoms with Gasteiger partial charge in [-0.15, -0.1) is 0 Å². The summed E-state index contributed by atoms with van der Waals surface area (Å²) in [5.41, 5.74) is 3.92. The zero-order valence-electron chi connectivity index (χ0n) is 15.9. The molecule has 6 heteroatoms. The van der Waals surface area contributed by atoms with Crippen LogP contribution >= 0.6 is 0 Å². The zero-order chi connectivity index (χ0) is 19.2. The molecule has 1 aliphatic rings. The van der Waals surface area contributed by atoms with Crippen molar-refractivity contribution in [1.82, 2.24) is 19.4 Å². The summed E-state index contributed by atoms with van der Waals surface area (Å²) in [5.74, 6) is -0.239. The van der Waals surface area contributed by atoms with Gasteiger partial charge in [-0.1, -0.05) is 0 Å². The highest BCUT2D eigenvalue weighted by atomic mass is 19.1. The monoisotopic (exact) mass is 380 g/mol. The number of unbranched alkanes of at least 4 members (excludes halogenated alkanes) is 1. The maximum atomic E-state index is 13.3. The lowest BCUT2D eigenvalue weighted by Gasteiger charge is -2.26. The molecule has 0 unspecified atom stereocenters. The van der Waals surface area contributed by atoms with Crippen molar-refractivity contribution in [3.05, 3.63) is 60.9 Å². The van der Waals surface area contributed by atoms with E-state index in [0.717, 1.165) is 74.7 Å². The molecule has 0 saturated carbocycles. The van der Waals surface area contributed by atoms with Gasteiger partial charge in [0.05, 0.1) is 30.9 Å². The Labute approximate surface area is 164 Å². The average molecular weight is 380 g/mol. The zero-order valence-corrected chi connectivity index (χ0v) is 15.9. The Kier molecular flexibility index (Phi) is 6.09. The van der Waals surface area contributed by atoms with Crippen LogP contribution in [0.4, 0.5) is 4.39 Å². The summed E-state index contributed by atoms with van der Waals surface area (Å²) < 4.78 is 21.0. The number of nitrogens with zero attached hydrogens (tertiary/aromatic N) is 4. The highest BCUT2D eigenvalue weighted by Gasteiger charge is 2.15. The molecule has 1 fully saturated rings. The summed E-state index contributed by atoms with van der Waals surface area (Å²) >= 11 is 0. The Morgan fingerprint density at radius 3 is 2.36 bits per heavy atom. The largest absolute Gasteiger partial charge is 0.379 e. The van der Waals surface area contributed by atoms with E-state index >= 15 is 0 Å². The smallest absolute Gasteiger partial charge is 0.123 e. The number of aryl methyl sites for hydroxylation is 1. The number of rotatable bonds is 7. The van der Waals surface area contributed by atoms with Crippen molar-refractivity contribution < 1.29 is 9.13 Å². The first-order valence-electron chi connectivity index (χ1n) is 9.83. The molecular formula is C22H25FN4O. The number of hydrogen-bond donors (Lipinski definition) is 0. The summed E-state index contributed by atoms with van der Waals surface area (Å²) in [4.78, 5) is 11.2. The minimum absolute atomic E-state index is 0.239. The quantitative estimate of drug-likeness (QED) is 0.584. The van der Waals surface area contributed by atoms with Crippen molar-refractivity contribution in [2.24, 2.45) is 0 Å². The molecule has 3 heterocycles. The first-order chi connectivity index (χ1) is 13.8. The normalized spacial score (nSPS) is 15.0. The van der Waals surface area contributed by atoms with Gasteiger partial charge in [0.2, 0.25) is 0 Å². The Balaban J connectivity index is 1.51. The molecule has 1 saturated heterocycles. The maximum Gasteiger partial charge on any atom is 0.123 e. The van der Waals surface area contributed by atoms with Crippen LogP contribution < -0.4 is 0 Å². The molecule has 0 amide bonds. The molecule has 28 heavy (non-hydrogen) atoms. The van der Waals surface area contributed by atoms with Crippen molar-refractivity contribution in [3.8, 4) is 22.5 Å². The number of hydrogen-bond acceptors (Lipinski definition) is 4. The Morgan fingerprint density at radius 1 is 0.893 bits per heavy atom. The summed E-state index contributed by atoms with van der Waals surface area (Å²) in [6, 6.07) is 10.5. The minimum Gasteiger partial charge on any atom is -0.379 e. The summed E-state index contributed by atoms with van der Waals surface area (Å²) in [6.07, 6.45) is 7.69. The van der Waals surface area contributed by atoms with Crippen molar-refractivity contribution in [1.29, 1.82) is 0 Å². The second-order valence-electron chi connectivity index (χ2n) is 7.04. The molecule has 0 bridgehead atoms. The van der Waals surface area contributed by atoms with Crippen LogP contribution in [0.25, 0.3) is 22.5 Å². The van der Waals surface area contributed by atoms with E-state index < -0.39 is 0 Å². The molecule has 146 valence electrons. The van der Waals surface area contributed by atoms with Crippen LogP contribution in [0.2, 0.25) is 0 Å². The number of halogens is 1. The van der Waals surface area contributed by atoms with Crippen LogP contribution in [-0.2, 0) is 11.3 Å². The van der Waals surface area contributed by atoms with E-state index in [1.165, 1.54) is 12.1 Å². The third kappa shape index (κ3) is 4.46. The molecule has 4 rings (SSSR count). The Hall–Kier alpha value is -2.57. The molecule has 0 spiro atoms. The number of imidazole rings is 1. The van der Waals surface area contributed by atoms with E-state index in [0.29, 0.717) is 0 Å². The molecule has 0 radical (unpaired) electrons. The molecule has 5 nitrogen and oxygen atoms in total. The number of benzene rings is 1. The second kappa shape index (κ2) is 9.08. The minimum atomic E-state index is -0.239. The lowest BCUT2D eigenvalue weighted by atomic mass is 10.1. The Bertz CT molecular complexity index is 873. The van der Waals surface area contributed by atoms with Gasteiger partial charge in [0, 0.05) is 43.2 Å². The predicted octanol–water partition coefficient (Wildman–Crippen LogP) is 3.86. The van der Waals surface area contributed by atoms with Crippen molar-refractivity contribution in [3.63, 3.8) is 0 Å². The first kappa shape index (κ1) is 18.8.